The van der Waals surface area contributed by atoms with Crippen LogP contribution in [0.15, 0.2) is 0 Å². The highest BCUT2D eigenvalue weighted by Gasteiger charge is 2.42. The summed E-state index contributed by atoms with van der Waals surface area (Å²) in [6.45, 7) is 6.11. The van der Waals surface area contributed by atoms with Crippen molar-refractivity contribution in [2.45, 2.75) is 88.7 Å². The normalized spacial score (nSPS) is 40.3. The largest absolute Gasteiger partial charge is 0.397 e. The van der Waals surface area contributed by atoms with E-state index >= 15 is 0 Å². The van der Waals surface area contributed by atoms with Gasteiger partial charge in [-0.05, 0) is 27.7 Å². The maximum absolute atomic E-state index is 10.3. The van der Waals surface area contributed by atoms with Gasteiger partial charge in [-0.2, -0.15) is 0 Å². The summed E-state index contributed by atoms with van der Waals surface area (Å²) in [6.07, 6.45) is -9.25. The molecule has 0 aromatic carbocycles. The van der Waals surface area contributed by atoms with Crippen molar-refractivity contribution in [3.63, 3.8) is 0 Å². The Morgan fingerprint density at radius 3 is 1.47 bits per heavy atom. The number of hydrogen-bond acceptors (Lipinski definition) is 12. The van der Waals surface area contributed by atoms with Gasteiger partial charge in [0, 0.05) is 6.61 Å². The second-order valence-electron chi connectivity index (χ2n) is 6.50. The standard InChI is InChI=1S/C7H14O5.C7H12O5.C2H6O.C2H4O/c2*1-3-5(9)7(11)6(10)4(2-8)12-3;2*1-2-3/h3-11H,2H2,1H3;2-7,9-11H,1H3;3H,2H2,1H3;2H,1H3/t2*3?,4-,5+,6+,7-;;/m11../s1. The average Bonchev–Trinajstić information content (AvgIpc) is 2.72. The Hall–Kier alpha value is -1.06. The lowest BCUT2D eigenvalue weighted by Gasteiger charge is -2.38. The molecule has 0 bridgehead atoms. The van der Waals surface area contributed by atoms with Crippen LogP contribution < -0.4 is 0 Å². The van der Waals surface area contributed by atoms with Gasteiger partial charge in [-0.1, -0.05) is 0 Å². The number of carbonyl (C=O) groups excluding carboxylic acids is 2. The third-order valence-corrected chi connectivity index (χ3v) is 4.15. The average molecular weight is 444 g/mol. The smallest absolute Gasteiger partial charge is 0.151 e. The van der Waals surface area contributed by atoms with Crippen molar-refractivity contribution >= 4 is 12.6 Å². The van der Waals surface area contributed by atoms with Gasteiger partial charge in [-0.3, -0.25) is 0 Å². The first kappa shape index (κ1) is 31.1. The van der Waals surface area contributed by atoms with Crippen LogP contribution in [0.25, 0.3) is 0 Å². The third-order valence-electron chi connectivity index (χ3n) is 4.15. The summed E-state index contributed by atoms with van der Waals surface area (Å²) in [5, 5.41) is 71.5. The molecule has 0 spiro atoms. The Kier molecular flexibility index (Phi) is 17.2. The molecule has 12 heteroatoms. The monoisotopic (exact) mass is 444 g/mol. The maximum Gasteiger partial charge on any atom is 0.151 e. The van der Waals surface area contributed by atoms with E-state index in [1.807, 2.05) is 0 Å². The van der Waals surface area contributed by atoms with Gasteiger partial charge in [-0.25, -0.2) is 0 Å². The molecule has 0 amide bonds. The molecule has 0 aromatic rings. The summed E-state index contributed by atoms with van der Waals surface area (Å²) >= 11 is 0. The first-order valence-corrected chi connectivity index (χ1v) is 9.44. The van der Waals surface area contributed by atoms with Gasteiger partial charge >= 0.3 is 0 Å². The molecule has 0 radical (unpaired) electrons. The van der Waals surface area contributed by atoms with Gasteiger partial charge in [0.15, 0.2) is 6.29 Å². The molecule has 2 unspecified atom stereocenters. The lowest BCUT2D eigenvalue weighted by atomic mass is 9.96. The zero-order valence-electron chi connectivity index (χ0n) is 17.6. The Morgan fingerprint density at radius 1 is 0.733 bits per heavy atom. The predicted molar refractivity (Wildman–Crippen MR) is 102 cm³/mol. The Balaban J connectivity index is 0. The van der Waals surface area contributed by atoms with E-state index in [4.69, 9.17) is 29.6 Å². The highest BCUT2D eigenvalue weighted by molar-refractivity contribution is 5.57. The Labute approximate surface area is 175 Å². The molecule has 30 heavy (non-hydrogen) atoms. The first-order valence-electron chi connectivity index (χ1n) is 9.44. The van der Waals surface area contributed by atoms with Crippen LogP contribution in [-0.2, 0) is 19.1 Å². The Morgan fingerprint density at radius 2 is 1.10 bits per heavy atom. The zero-order chi connectivity index (χ0) is 24.0. The summed E-state index contributed by atoms with van der Waals surface area (Å²) < 4.78 is 9.92. The van der Waals surface area contributed by atoms with Crippen molar-refractivity contribution in [2.24, 2.45) is 0 Å². The molecule has 10 atom stereocenters. The quantitative estimate of drug-likeness (QED) is 0.192. The van der Waals surface area contributed by atoms with E-state index in [0.29, 0.717) is 6.29 Å². The molecular formula is C18H36O12. The third kappa shape index (κ3) is 9.83. The maximum atomic E-state index is 10.3. The van der Waals surface area contributed by atoms with E-state index in [-0.39, 0.29) is 13.2 Å². The van der Waals surface area contributed by atoms with E-state index in [9.17, 15) is 30.3 Å². The Bertz CT molecular complexity index is 446. The summed E-state index contributed by atoms with van der Waals surface area (Å²) in [6, 6.07) is 0. The van der Waals surface area contributed by atoms with E-state index in [0.717, 1.165) is 6.29 Å². The second-order valence-corrected chi connectivity index (χ2v) is 6.50. The van der Waals surface area contributed by atoms with Gasteiger partial charge in [-0.15, -0.1) is 0 Å². The number of ether oxygens (including phenoxy) is 2. The number of rotatable bonds is 2. The molecule has 2 aliphatic heterocycles. The predicted octanol–water partition coefficient (Wildman–Crippen LogP) is -3.89. The van der Waals surface area contributed by atoms with Crippen LogP contribution in [-0.4, -0.2) is 128 Å². The van der Waals surface area contributed by atoms with Crippen LogP contribution in [0.4, 0.5) is 0 Å². The highest BCUT2D eigenvalue weighted by atomic mass is 16.5. The van der Waals surface area contributed by atoms with Crippen LogP contribution in [0.5, 0.6) is 0 Å². The molecule has 0 saturated carbocycles. The molecule has 2 fully saturated rings. The summed E-state index contributed by atoms with van der Waals surface area (Å²) in [4.78, 5) is 19.1. The number of aliphatic hydroxyl groups is 8. The topological polar surface area (TPSA) is 214 Å². The van der Waals surface area contributed by atoms with Crippen LogP contribution in [0.3, 0.4) is 0 Å². The van der Waals surface area contributed by atoms with Crippen LogP contribution >= 0.6 is 0 Å². The van der Waals surface area contributed by atoms with E-state index in [2.05, 4.69) is 0 Å². The lowest BCUT2D eigenvalue weighted by molar-refractivity contribution is -0.224. The summed E-state index contributed by atoms with van der Waals surface area (Å²) in [5.74, 6) is 0. The van der Waals surface area contributed by atoms with Crippen molar-refractivity contribution in [3.8, 4) is 0 Å². The molecule has 2 saturated heterocycles. The molecule has 12 nitrogen and oxygen atoms in total. The molecule has 180 valence electrons. The molecular weight excluding hydrogens is 408 g/mol. The van der Waals surface area contributed by atoms with Crippen LogP contribution in [0.2, 0.25) is 0 Å². The van der Waals surface area contributed by atoms with E-state index in [1.165, 1.54) is 13.8 Å². The lowest BCUT2D eigenvalue weighted by Crippen LogP contribution is -2.57. The van der Waals surface area contributed by atoms with Gasteiger partial charge in [0.1, 0.15) is 55.1 Å². The van der Waals surface area contributed by atoms with Gasteiger partial charge in [0.05, 0.1) is 18.8 Å². The second kappa shape index (κ2) is 16.6. The van der Waals surface area contributed by atoms with Crippen LogP contribution in [0, 0.1) is 0 Å². The fourth-order valence-electron chi connectivity index (χ4n) is 2.48. The minimum absolute atomic E-state index is 0.250. The summed E-state index contributed by atoms with van der Waals surface area (Å²) in [5.41, 5.74) is 0. The van der Waals surface area contributed by atoms with Gasteiger partial charge in [0.2, 0.25) is 0 Å². The minimum atomic E-state index is -1.34. The zero-order valence-corrected chi connectivity index (χ0v) is 17.6. The fourth-order valence-corrected chi connectivity index (χ4v) is 2.48. The van der Waals surface area contributed by atoms with E-state index in [1.54, 1.807) is 13.8 Å². The molecule has 0 aliphatic carbocycles. The van der Waals surface area contributed by atoms with Crippen molar-refractivity contribution < 1.29 is 59.9 Å². The van der Waals surface area contributed by atoms with Crippen molar-refractivity contribution in [1.82, 2.24) is 0 Å². The van der Waals surface area contributed by atoms with Gasteiger partial charge in [0.25, 0.3) is 0 Å². The molecule has 2 aliphatic rings. The summed E-state index contributed by atoms with van der Waals surface area (Å²) in [7, 11) is 0. The SMILES string of the molecule is CC1O[C@H](C=O)[C@H](O)[C@H](O)[C@H]1O.CC1O[C@H](CO)[C@H](O)[C@H](O)[C@H]1O.CC=O.CCO. The number of hydrogen-bond donors (Lipinski definition) is 8. The number of aliphatic hydroxyl groups excluding tert-OH is 8. The molecule has 0 aromatic heterocycles. The fraction of sp³-hybridized carbons (Fsp3) is 0.889. The van der Waals surface area contributed by atoms with Crippen LogP contribution in [0.1, 0.15) is 27.7 Å². The highest BCUT2D eigenvalue weighted by Crippen LogP contribution is 2.20. The van der Waals surface area contributed by atoms with Crippen molar-refractivity contribution in [3.05, 3.63) is 0 Å². The number of carbonyl (C=O) groups is 2. The molecule has 2 rings (SSSR count). The first-order chi connectivity index (χ1) is 14.0. The number of aldehydes is 2. The van der Waals surface area contributed by atoms with Crippen molar-refractivity contribution in [1.29, 1.82) is 0 Å². The van der Waals surface area contributed by atoms with Crippen molar-refractivity contribution in [2.75, 3.05) is 13.2 Å². The van der Waals surface area contributed by atoms with Gasteiger partial charge < -0.3 is 59.9 Å². The molecule has 2 heterocycles. The van der Waals surface area contributed by atoms with E-state index < -0.39 is 61.0 Å². The minimum Gasteiger partial charge on any atom is -0.397 e. The molecule has 8 N–H and O–H groups in total.